The predicted octanol–water partition coefficient (Wildman–Crippen LogP) is 3.60. The number of thioether (sulfide) groups is 1. The fourth-order valence-electron chi connectivity index (χ4n) is 2.51. The molecular formula is C14H17IN2O3S. The molecule has 1 aliphatic carbocycles. The van der Waals surface area contributed by atoms with Gasteiger partial charge in [-0.05, 0) is 60.6 Å². The summed E-state index contributed by atoms with van der Waals surface area (Å²) in [7, 11) is 0. The van der Waals surface area contributed by atoms with Gasteiger partial charge in [-0.15, -0.1) is 0 Å². The van der Waals surface area contributed by atoms with E-state index in [9.17, 15) is 14.9 Å². The minimum Gasteiger partial charge on any atom is -0.349 e. The predicted molar refractivity (Wildman–Crippen MR) is 92.8 cm³/mol. The van der Waals surface area contributed by atoms with Gasteiger partial charge in [0.25, 0.3) is 11.6 Å². The molecule has 0 saturated heterocycles. The Bertz CT molecular complexity index is 545. The Morgan fingerprint density at radius 3 is 2.62 bits per heavy atom. The first-order valence-electron chi connectivity index (χ1n) is 6.79. The zero-order valence-electron chi connectivity index (χ0n) is 11.7. The second kappa shape index (κ2) is 7.44. The number of halogens is 1. The van der Waals surface area contributed by atoms with E-state index in [0.29, 0.717) is 10.8 Å². The molecule has 0 bridgehead atoms. The largest absolute Gasteiger partial charge is 0.349 e. The molecule has 21 heavy (non-hydrogen) atoms. The van der Waals surface area contributed by atoms with Gasteiger partial charge in [-0.25, -0.2) is 0 Å². The smallest absolute Gasteiger partial charge is 0.270 e. The Hall–Kier alpha value is -0.830. The maximum Gasteiger partial charge on any atom is 0.270 e. The van der Waals surface area contributed by atoms with Gasteiger partial charge in [0.1, 0.15) is 0 Å². The highest BCUT2D eigenvalue weighted by Gasteiger charge is 2.23. The number of hydrogen-bond acceptors (Lipinski definition) is 4. The summed E-state index contributed by atoms with van der Waals surface area (Å²) in [6.45, 7) is 0. The summed E-state index contributed by atoms with van der Waals surface area (Å²) in [5, 5.41) is 14.5. The van der Waals surface area contributed by atoms with Gasteiger partial charge in [0, 0.05) is 27.0 Å². The number of nitro benzene ring substituents is 1. The molecule has 1 amide bonds. The van der Waals surface area contributed by atoms with Crippen LogP contribution in [-0.2, 0) is 0 Å². The number of carbonyl (C=O) groups is 1. The van der Waals surface area contributed by atoms with Crippen molar-refractivity contribution >= 4 is 45.9 Å². The van der Waals surface area contributed by atoms with Crippen LogP contribution >= 0.6 is 34.4 Å². The quantitative estimate of drug-likeness (QED) is 0.459. The number of nitrogens with one attached hydrogen (secondary N) is 1. The summed E-state index contributed by atoms with van der Waals surface area (Å²) in [5.41, 5.74) is 0.337. The topological polar surface area (TPSA) is 72.2 Å². The second-order valence-electron chi connectivity index (χ2n) is 5.10. The number of carbonyl (C=O) groups excluding carboxylic acids is 1. The van der Waals surface area contributed by atoms with Crippen molar-refractivity contribution in [1.82, 2.24) is 5.32 Å². The van der Waals surface area contributed by atoms with Crippen LogP contribution in [0.15, 0.2) is 18.2 Å². The fraction of sp³-hybridized carbons (Fsp3) is 0.500. The lowest BCUT2D eigenvalue weighted by Crippen LogP contribution is -2.38. The average molecular weight is 420 g/mol. The molecule has 0 spiro atoms. The van der Waals surface area contributed by atoms with E-state index in [1.54, 1.807) is 6.07 Å². The summed E-state index contributed by atoms with van der Waals surface area (Å²) < 4.78 is 0.730. The third-order valence-corrected chi connectivity index (χ3v) is 5.83. The maximum absolute atomic E-state index is 12.3. The average Bonchev–Trinajstić information content (AvgIpc) is 2.48. The van der Waals surface area contributed by atoms with Crippen LogP contribution < -0.4 is 5.32 Å². The lowest BCUT2D eigenvalue weighted by molar-refractivity contribution is -0.384. The van der Waals surface area contributed by atoms with Crippen LogP contribution in [-0.4, -0.2) is 28.4 Å². The van der Waals surface area contributed by atoms with Gasteiger partial charge in [0.05, 0.1) is 10.5 Å². The van der Waals surface area contributed by atoms with Crippen molar-refractivity contribution in [2.75, 3.05) is 6.26 Å². The van der Waals surface area contributed by atoms with E-state index in [1.807, 2.05) is 34.4 Å². The molecule has 0 radical (unpaired) electrons. The zero-order chi connectivity index (χ0) is 15.4. The number of nitro groups is 1. The Balaban J connectivity index is 2.03. The van der Waals surface area contributed by atoms with Crippen LogP contribution in [0.4, 0.5) is 5.69 Å². The first kappa shape index (κ1) is 16.5. The zero-order valence-corrected chi connectivity index (χ0v) is 14.6. The molecule has 0 unspecified atom stereocenters. The minimum atomic E-state index is -0.476. The van der Waals surface area contributed by atoms with Crippen LogP contribution in [0, 0.1) is 13.7 Å². The molecule has 1 fully saturated rings. The fourth-order valence-corrected chi connectivity index (χ4v) is 3.83. The lowest BCUT2D eigenvalue weighted by atomic mass is 9.94. The van der Waals surface area contributed by atoms with Gasteiger partial charge >= 0.3 is 0 Å². The molecule has 0 atom stereocenters. The summed E-state index contributed by atoms with van der Waals surface area (Å²) in [6.07, 6.45) is 6.29. The summed E-state index contributed by atoms with van der Waals surface area (Å²) in [5.74, 6) is -0.212. The number of hydrogen-bond donors (Lipinski definition) is 1. The van der Waals surface area contributed by atoms with Gasteiger partial charge in [0.15, 0.2) is 0 Å². The Morgan fingerprint density at radius 1 is 1.38 bits per heavy atom. The summed E-state index contributed by atoms with van der Waals surface area (Å²) in [6, 6.07) is 4.56. The van der Waals surface area contributed by atoms with Crippen molar-refractivity contribution in [1.29, 1.82) is 0 Å². The molecule has 1 aromatic carbocycles. The summed E-state index contributed by atoms with van der Waals surface area (Å²) in [4.78, 5) is 22.7. The Kier molecular flexibility index (Phi) is 5.86. The van der Waals surface area contributed by atoms with Crippen LogP contribution in [0.5, 0.6) is 0 Å². The summed E-state index contributed by atoms with van der Waals surface area (Å²) >= 11 is 3.91. The molecular weight excluding hydrogens is 403 g/mol. The SMILES string of the molecule is CSC1CCC(NC(=O)c2cc([N+](=O)[O-])ccc2I)CC1. The Labute approximate surface area is 141 Å². The van der Waals surface area contributed by atoms with Crippen molar-refractivity contribution in [2.45, 2.75) is 37.0 Å². The molecule has 1 N–H and O–H groups in total. The van der Waals surface area contributed by atoms with E-state index in [2.05, 4.69) is 11.6 Å². The van der Waals surface area contributed by atoms with Crippen LogP contribution in [0.1, 0.15) is 36.0 Å². The molecule has 1 aromatic rings. The van der Waals surface area contributed by atoms with Crippen molar-refractivity contribution < 1.29 is 9.72 Å². The van der Waals surface area contributed by atoms with E-state index in [0.717, 1.165) is 29.3 Å². The molecule has 1 aliphatic rings. The first-order chi connectivity index (χ1) is 10.0. The highest BCUT2D eigenvalue weighted by molar-refractivity contribution is 14.1. The van der Waals surface area contributed by atoms with E-state index in [4.69, 9.17) is 0 Å². The lowest BCUT2D eigenvalue weighted by Gasteiger charge is -2.28. The van der Waals surface area contributed by atoms with E-state index < -0.39 is 4.92 Å². The van der Waals surface area contributed by atoms with Crippen molar-refractivity contribution in [3.63, 3.8) is 0 Å². The minimum absolute atomic E-state index is 0.0494. The van der Waals surface area contributed by atoms with Gasteiger partial charge in [-0.1, -0.05) is 0 Å². The van der Waals surface area contributed by atoms with E-state index in [1.165, 1.54) is 12.1 Å². The monoisotopic (exact) mass is 420 g/mol. The number of rotatable bonds is 4. The highest BCUT2D eigenvalue weighted by atomic mass is 127. The van der Waals surface area contributed by atoms with E-state index in [-0.39, 0.29) is 17.6 Å². The number of nitrogens with zero attached hydrogens (tertiary/aromatic N) is 1. The van der Waals surface area contributed by atoms with E-state index >= 15 is 0 Å². The van der Waals surface area contributed by atoms with Gasteiger partial charge in [0.2, 0.25) is 0 Å². The third-order valence-electron chi connectivity index (χ3n) is 3.75. The van der Waals surface area contributed by atoms with Gasteiger partial charge in [-0.2, -0.15) is 11.8 Å². The number of non-ortho nitro benzene ring substituents is 1. The maximum atomic E-state index is 12.3. The number of benzene rings is 1. The highest BCUT2D eigenvalue weighted by Crippen LogP contribution is 2.27. The number of amides is 1. The Morgan fingerprint density at radius 2 is 2.05 bits per heavy atom. The van der Waals surface area contributed by atoms with Crippen molar-refractivity contribution in [3.8, 4) is 0 Å². The molecule has 7 heteroatoms. The van der Waals surface area contributed by atoms with Crippen LogP contribution in [0.25, 0.3) is 0 Å². The molecule has 0 aromatic heterocycles. The second-order valence-corrected chi connectivity index (χ2v) is 7.40. The van der Waals surface area contributed by atoms with Gasteiger partial charge < -0.3 is 5.32 Å². The van der Waals surface area contributed by atoms with Crippen LogP contribution in [0.2, 0.25) is 0 Å². The molecule has 0 aliphatic heterocycles. The van der Waals surface area contributed by atoms with Crippen molar-refractivity contribution in [3.05, 3.63) is 37.4 Å². The van der Waals surface area contributed by atoms with Crippen LogP contribution in [0.3, 0.4) is 0 Å². The first-order valence-corrected chi connectivity index (χ1v) is 9.15. The molecule has 2 rings (SSSR count). The normalized spacial score (nSPS) is 21.8. The molecule has 114 valence electrons. The molecule has 0 heterocycles. The third kappa shape index (κ3) is 4.32. The van der Waals surface area contributed by atoms with Gasteiger partial charge in [-0.3, -0.25) is 14.9 Å². The van der Waals surface area contributed by atoms with Crippen molar-refractivity contribution in [2.24, 2.45) is 0 Å². The molecule has 5 nitrogen and oxygen atoms in total. The standard InChI is InChI=1S/C14H17IN2O3S/c1-21-11-5-2-9(3-6-11)16-14(18)12-8-10(17(19)20)4-7-13(12)15/h4,7-9,11H,2-3,5-6H2,1H3,(H,16,18). The molecule has 1 saturated carbocycles.